The maximum Gasteiger partial charge on any atom is 0.226 e. The van der Waals surface area contributed by atoms with Crippen LogP contribution in [0, 0.1) is 12.8 Å². The van der Waals surface area contributed by atoms with Gasteiger partial charge in [0, 0.05) is 16.1 Å². The van der Waals surface area contributed by atoms with Crippen LogP contribution in [-0.2, 0) is 4.79 Å². The van der Waals surface area contributed by atoms with Gasteiger partial charge in [-0.05, 0) is 24.6 Å². The SMILES string of the molecule is Cc1c(Br)cccc1NC(=O)C(C)C. The molecule has 1 aromatic rings. The molecule has 0 radical (unpaired) electrons. The monoisotopic (exact) mass is 255 g/mol. The number of halogens is 1. The molecule has 1 rings (SSSR count). The number of nitrogens with one attached hydrogen (secondary N) is 1. The van der Waals surface area contributed by atoms with Gasteiger partial charge in [0.25, 0.3) is 0 Å². The summed E-state index contributed by atoms with van der Waals surface area (Å²) in [5.74, 6) is 0.0552. The fraction of sp³-hybridized carbons (Fsp3) is 0.364. The summed E-state index contributed by atoms with van der Waals surface area (Å²) in [5.41, 5.74) is 1.93. The van der Waals surface area contributed by atoms with Gasteiger partial charge in [0.05, 0.1) is 0 Å². The summed E-state index contributed by atoms with van der Waals surface area (Å²) in [7, 11) is 0. The van der Waals surface area contributed by atoms with Gasteiger partial charge < -0.3 is 5.32 Å². The lowest BCUT2D eigenvalue weighted by molar-refractivity contribution is -0.118. The molecule has 0 fully saturated rings. The van der Waals surface area contributed by atoms with Crippen molar-refractivity contribution in [2.24, 2.45) is 5.92 Å². The summed E-state index contributed by atoms with van der Waals surface area (Å²) in [4.78, 5) is 11.4. The fourth-order valence-electron chi connectivity index (χ4n) is 1.02. The van der Waals surface area contributed by atoms with Crippen molar-refractivity contribution < 1.29 is 4.79 Å². The number of amides is 1. The van der Waals surface area contributed by atoms with Gasteiger partial charge in [0.15, 0.2) is 0 Å². The largest absolute Gasteiger partial charge is 0.326 e. The van der Waals surface area contributed by atoms with Crippen LogP contribution in [0.5, 0.6) is 0 Å². The molecule has 1 aromatic carbocycles. The van der Waals surface area contributed by atoms with Gasteiger partial charge in [-0.25, -0.2) is 0 Å². The molecule has 0 aromatic heterocycles. The highest BCUT2D eigenvalue weighted by molar-refractivity contribution is 9.10. The van der Waals surface area contributed by atoms with Crippen LogP contribution in [0.25, 0.3) is 0 Å². The van der Waals surface area contributed by atoms with E-state index in [1.165, 1.54) is 0 Å². The second kappa shape index (κ2) is 4.60. The van der Waals surface area contributed by atoms with Crippen LogP contribution >= 0.6 is 15.9 Å². The second-order valence-electron chi connectivity index (χ2n) is 3.56. The van der Waals surface area contributed by atoms with Crippen molar-refractivity contribution >= 4 is 27.5 Å². The topological polar surface area (TPSA) is 29.1 Å². The number of anilines is 1. The van der Waals surface area contributed by atoms with E-state index in [0.29, 0.717) is 0 Å². The average Bonchev–Trinajstić information content (AvgIpc) is 2.12. The third-order valence-electron chi connectivity index (χ3n) is 2.05. The Labute approximate surface area is 92.8 Å². The third-order valence-corrected chi connectivity index (χ3v) is 2.91. The minimum atomic E-state index is 0.00776. The van der Waals surface area contributed by atoms with Crippen molar-refractivity contribution in [1.29, 1.82) is 0 Å². The van der Waals surface area contributed by atoms with Crippen LogP contribution in [0.2, 0.25) is 0 Å². The number of carbonyl (C=O) groups is 1. The van der Waals surface area contributed by atoms with E-state index in [1.54, 1.807) is 0 Å². The predicted octanol–water partition coefficient (Wildman–Crippen LogP) is 3.35. The highest BCUT2D eigenvalue weighted by Gasteiger charge is 2.09. The normalized spacial score (nSPS) is 10.4. The first-order valence-electron chi connectivity index (χ1n) is 4.58. The Bertz CT molecular complexity index is 347. The Morgan fingerprint density at radius 1 is 1.43 bits per heavy atom. The zero-order valence-corrected chi connectivity index (χ0v) is 10.2. The average molecular weight is 256 g/mol. The summed E-state index contributed by atoms with van der Waals surface area (Å²) in [6, 6.07) is 5.77. The maximum absolute atomic E-state index is 11.4. The van der Waals surface area contributed by atoms with Gasteiger partial charge in [-0.1, -0.05) is 35.8 Å². The van der Waals surface area contributed by atoms with Crippen molar-refractivity contribution in [2.75, 3.05) is 5.32 Å². The number of hydrogen-bond donors (Lipinski definition) is 1. The summed E-state index contributed by atoms with van der Waals surface area (Å²) in [5, 5.41) is 2.88. The van der Waals surface area contributed by atoms with Gasteiger partial charge in [-0.2, -0.15) is 0 Å². The number of benzene rings is 1. The van der Waals surface area contributed by atoms with E-state index < -0.39 is 0 Å². The molecule has 0 spiro atoms. The smallest absolute Gasteiger partial charge is 0.226 e. The minimum absolute atomic E-state index is 0.00776. The van der Waals surface area contributed by atoms with Crippen molar-refractivity contribution in [1.82, 2.24) is 0 Å². The molecule has 0 aliphatic carbocycles. The van der Waals surface area contributed by atoms with Crippen LogP contribution < -0.4 is 5.32 Å². The molecule has 1 N–H and O–H groups in total. The first-order chi connectivity index (χ1) is 6.52. The lowest BCUT2D eigenvalue weighted by Gasteiger charge is -2.11. The molecule has 76 valence electrons. The van der Waals surface area contributed by atoms with Crippen LogP contribution in [0.15, 0.2) is 22.7 Å². The molecule has 2 nitrogen and oxygen atoms in total. The van der Waals surface area contributed by atoms with Crippen molar-refractivity contribution in [2.45, 2.75) is 20.8 Å². The zero-order valence-electron chi connectivity index (χ0n) is 8.60. The molecule has 0 atom stereocenters. The van der Waals surface area contributed by atoms with Crippen molar-refractivity contribution in [3.8, 4) is 0 Å². The van der Waals surface area contributed by atoms with E-state index in [9.17, 15) is 4.79 Å². The Hall–Kier alpha value is -0.830. The van der Waals surface area contributed by atoms with Crippen LogP contribution in [0.1, 0.15) is 19.4 Å². The Morgan fingerprint density at radius 3 is 2.64 bits per heavy atom. The van der Waals surface area contributed by atoms with Gasteiger partial charge in [-0.15, -0.1) is 0 Å². The molecule has 3 heteroatoms. The first kappa shape index (κ1) is 11.2. The highest BCUT2D eigenvalue weighted by Crippen LogP contribution is 2.23. The first-order valence-corrected chi connectivity index (χ1v) is 5.37. The lowest BCUT2D eigenvalue weighted by Crippen LogP contribution is -2.18. The highest BCUT2D eigenvalue weighted by atomic mass is 79.9. The van der Waals surface area contributed by atoms with Gasteiger partial charge >= 0.3 is 0 Å². The van der Waals surface area contributed by atoms with Crippen LogP contribution in [-0.4, -0.2) is 5.91 Å². The predicted molar refractivity (Wildman–Crippen MR) is 62.3 cm³/mol. The minimum Gasteiger partial charge on any atom is -0.326 e. The molecule has 0 heterocycles. The van der Waals surface area contributed by atoms with Gasteiger partial charge in [0.2, 0.25) is 5.91 Å². The van der Waals surface area contributed by atoms with Crippen molar-refractivity contribution in [3.63, 3.8) is 0 Å². The van der Waals surface area contributed by atoms with E-state index in [-0.39, 0.29) is 11.8 Å². The number of hydrogen-bond acceptors (Lipinski definition) is 1. The Balaban J connectivity index is 2.87. The second-order valence-corrected chi connectivity index (χ2v) is 4.41. The van der Waals surface area contributed by atoms with Gasteiger partial charge in [0.1, 0.15) is 0 Å². The van der Waals surface area contributed by atoms with E-state index >= 15 is 0 Å². The summed E-state index contributed by atoms with van der Waals surface area (Å²) in [6.07, 6.45) is 0. The maximum atomic E-state index is 11.4. The van der Waals surface area contributed by atoms with Crippen LogP contribution in [0.3, 0.4) is 0 Å². The Morgan fingerprint density at radius 2 is 2.07 bits per heavy atom. The summed E-state index contributed by atoms with van der Waals surface area (Å²) in [6.45, 7) is 5.73. The molecule has 0 saturated carbocycles. The van der Waals surface area contributed by atoms with E-state index in [1.807, 2.05) is 39.0 Å². The molecular formula is C11H14BrNO. The van der Waals surface area contributed by atoms with Crippen LogP contribution in [0.4, 0.5) is 5.69 Å². The van der Waals surface area contributed by atoms with E-state index in [0.717, 1.165) is 15.7 Å². The standard InChI is InChI=1S/C11H14BrNO/c1-7(2)11(14)13-10-6-4-5-9(12)8(10)3/h4-7H,1-3H3,(H,13,14). The summed E-state index contributed by atoms with van der Waals surface area (Å²) < 4.78 is 1.01. The lowest BCUT2D eigenvalue weighted by atomic mass is 10.1. The quantitative estimate of drug-likeness (QED) is 0.863. The number of rotatable bonds is 2. The summed E-state index contributed by atoms with van der Waals surface area (Å²) >= 11 is 3.42. The molecule has 0 aliphatic heterocycles. The molecule has 1 amide bonds. The number of carbonyl (C=O) groups excluding carboxylic acids is 1. The van der Waals surface area contributed by atoms with E-state index in [2.05, 4.69) is 21.2 Å². The molecule has 0 aliphatic rings. The Kier molecular flexibility index (Phi) is 3.69. The third kappa shape index (κ3) is 2.58. The molecule has 0 bridgehead atoms. The van der Waals surface area contributed by atoms with Crippen molar-refractivity contribution in [3.05, 3.63) is 28.2 Å². The molecule has 14 heavy (non-hydrogen) atoms. The fourth-order valence-corrected chi connectivity index (χ4v) is 1.39. The zero-order chi connectivity index (χ0) is 10.7. The molecule has 0 saturated heterocycles. The molecular weight excluding hydrogens is 242 g/mol. The van der Waals surface area contributed by atoms with Gasteiger partial charge in [-0.3, -0.25) is 4.79 Å². The molecule has 0 unspecified atom stereocenters. The van der Waals surface area contributed by atoms with E-state index in [4.69, 9.17) is 0 Å².